The third kappa shape index (κ3) is 2.94. The first kappa shape index (κ1) is 12.6. The van der Waals surface area contributed by atoms with Crippen molar-refractivity contribution >= 4 is 11.8 Å². The van der Waals surface area contributed by atoms with Gasteiger partial charge in [0.05, 0.1) is 6.61 Å². The fraction of sp³-hybridized carbons (Fsp3) is 0.250. The smallest absolute Gasteiger partial charge is 0.119 e. The highest BCUT2D eigenvalue weighted by atomic mass is 32.2. The summed E-state index contributed by atoms with van der Waals surface area (Å²) < 4.78 is 5.82. The maximum absolute atomic E-state index is 8.99. The van der Waals surface area contributed by atoms with Crippen molar-refractivity contribution in [2.24, 2.45) is 0 Å². The summed E-state index contributed by atoms with van der Waals surface area (Å²) in [4.78, 5) is 1.38. The molecule has 1 aliphatic heterocycles. The van der Waals surface area contributed by atoms with Crippen LogP contribution in [0.15, 0.2) is 53.4 Å². The van der Waals surface area contributed by atoms with Crippen LogP contribution >= 0.6 is 11.8 Å². The number of aliphatic hydroxyl groups excluding tert-OH is 1. The lowest BCUT2D eigenvalue weighted by molar-refractivity contribution is 0.281. The highest BCUT2D eigenvalue weighted by Crippen LogP contribution is 2.36. The van der Waals surface area contributed by atoms with Gasteiger partial charge < -0.3 is 9.84 Å². The number of rotatable bonds is 4. The molecule has 2 aromatic rings. The van der Waals surface area contributed by atoms with Gasteiger partial charge in [0.1, 0.15) is 12.4 Å². The largest absolute Gasteiger partial charge is 0.492 e. The van der Waals surface area contributed by atoms with E-state index in [4.69, 9.17) is 9.84 Å². The molecule has 1 aliphatic rings. The van der Waals surface area contributed by atoms with Crippen LogP contribution < -0.4 is 4.74 Å². The quantitative estimate of drug-likeness (QED) is 0.926. The van der Waals surface area contributed by atoms with Crippen LogP contribution in [0.5, 0.6) is 5.75 Å². The van der Waals surface area contributed by atoms with Crippen LogP contribution in [0.1, 0.15) is 11.1 Å². The zero-order valence-corrected chi connectivity index (χ0v) is 11.4. The summed E-state index contributed by atoms with van der Waals surface area (Å²) in [7, 11) is 0. The summed E-state index contributed by atoms with van der Waals surface area (Å²) in [6.45, 7) is 0.798. The van der Waals surface area contributed by atoms with Gasteiger partial charge in [-0.1, -0.05) is 30.3 Å². The van der Waals surface area contributed by atoms with E-state index < -0.39 is 0 Å². The molecule has 0 aliphatic carbocycles. The molecule has 1 unspecified atom stereocenters. The standard InChI is InChI=1S/C16H16O2S/c17-10-12-5-7-14(8-6-12)18-11-15-9-13-3-1-2-4-16(13)19-15/h1-8,15,17H,9-11H2. The Labute approximate surface area is 117 Å². The molecule has 0 fully saturated rings. The first-order valence-corrected chi connectivity index (χ1v) is 7.30. The van der Waals surface area contributed by atoms with Gasteiger partial charge in [0.2, 0.25) is 0 Å². The number of hydrogen-bond acceptors (Lipinski definition) is 3. The molecule has 2 aromatic carbocycles. The Hall–Kier alpha value is -1.45. The molecule has 2 nitrogen and oxygen atoms in total. The Morgan fingerprint density at radius 3 is 2.63 bits per heavy atom. The van der Waals surface area contributed by atoms with Gasteiger partial charge in [-0.05, 0) is 35.7 Å². The highest BCUT2D eigenvalue weighted by molar-refractivity contribution is 8.00. The Balaban J connectivity index is 1.56. The summed E-state index contributed by atoms with van der Waals surface area (Å²) in [5, 5.41) is 9.48. The number of hydrogen-bond donors (Lipinski definition) is 1. The topological polar surface area (TPSA) is 29.5 Å². The summed E-state index contributed by atoms with van der Waals surface area (Å²) in [5.74, 6) is 0.869. The molecule has 3 rings (SSSR count). The molecule has 0 amide bonds. The van der Waals surface area contributed by atoms with Crippen LogP contribution in [0.3, 0.4) is 0 Å². The second-order valence-electron chi connectivity index (χ2n) is 4.66. The van der Waals surface area contributed by atoms with Crippen molar-refractivity contribution in [2.75, 3.05) is 6.61 Å². The van der Waals surface area contributed by atoms with Crippen LogP contribution in [0.4, 0.5) is 0 Å². The summed E-state index contributed by atoms with van der Waals surface area (Å²) in [6, 6.07) is 16.2. The highest BCUT2D eigenvalue weighted by Gasteiger charge is 2.22. The number of ether oxygens (including phenoxy) is 1. The van der Waals surface area contributed by atoms with Crippen molar-refractivity contribution in [1.82, 2.24) is 0 Å². The fourth-order valence-corrected chi connectivity index (χ4v) is 3.45. The van der Waals surface area contributed by atoms with E-state index >= 15 is 0 Å². The molecule has 1 atom stereocenters. The third-order valence-corrected chi connectivity index (χ3v) is 4.54. The zero-order valence-electron chi connectivity index (χ0n) is 10.6. The Kier molecular flexibility index (Phi) is 3.76. The first-order chi connectivity index (χ1) is 9.35. The van der Waals surface area contributed by atoms with Gasteiger partial charge in [0, 0.05) is 10.1 Å². The molecule has 98 valence electrons. The lowest BCUT2D eigenvalue weighted by Crippen LogP contribution is -2.13. The maximum Gasteiger partial charge on any atom is 0.119 e. The molecule has 0 saturated heterocycles. The third-order valence-electron chi connectivity index (χ3n) is 3.26. The predicted molar refractivity (Wildman–Crippen MR) is 77.7 cm³/mol. The van der Waals surface area contributed by atoms with E-state index in [-0.39, 0.29) is 6.61 Å². The average molecular weight is 272 g/mol. The molecule has 0 bridgehead atoms. The molecule has 3 heteroatoms. The molecule has 19 heavy (non-hydrogen) atoms. The lowest BCUT2D eigenvalue weighted by Gasteiger charge is -2.11. The predicted octanol–water partition coefficient (Wildman–Crippen LogP) is 3.27. The Morgan fingerprint density at radius 1 is 1.11 bits per heavy atom. The average Bonchev–Trinajstić information content (AvgIpc) is 2.88. The maximum atomic E-state index is 8.99. The van der Waals surface area contributed by atoms with Crippen molar-refractivity contribution in [1.29, 1.82) is 0 Å². The number of fused-ring (bicyclic) bond motifs is 1. The first-order valence-electron chi connectivity index (χ1n) is 6.42. The number of aliphatic hydroxyl groups is 1. The van der Waals surface area contributed by atoms with Crippen LogP contribution in [-0.4, -0.2) is 17.0 Å². The van der Waals surface area contributed by atoms with E-state index in [2.05, 4.69) is 24.3 Å². The van der Waals surface area contributed by atoms with E-state index in [1.165, 1.54) is 10.5 Å². The number of benzene rings is 2. The van der Waals surface area contributed by atoms with E-state index in [1.54, 1.807) is 0 Å². The minimum absolute atomic E-state index is 0.0774. The number of thioether (sulfide) groups is 1. The molecular weight excluding hydrogens is 256 g/mol. The second kappa shape index (κ2) is 5.68. The monoisotopic (exact) mass is 272 g/mol. The summed E-state index contributed by atoms with van der Waals surface area (Å²) in [6.07, 6.45) is 1.08. The van der Waals surface area contributed by atoms with Gasteiger partial charge in [-0.3, -0.25) is 0 Å². The lowest BCUT2D eigenvalue weighted by atomic mass is 10.1. The van der Waals surface area contributed by atoms with Gasteiger partial charge in [-0.15, -0.1) is 11.8 Å². The Bertz CT molecular complexity index is 526. The van der Waals surface area contributed by atoms with Crippen LogP contribution in [-0.2, 0) is 13.0 Å². The fourth-order valence-electron chi connectivity index (χ4n) is 2.23. The van der Waals surface area contributed by atoms with Gasteiger partial charge in [0.25, 0.3) is 0 Å². The van der Waals surface area contributed by atoms with Crippen molar-refractivity contribution in [3.63, 3.8) is 0 Å². The van der Waals surface area contributed by atoms with Gasteiger partial charge >= 0.3 is 0 Å². The van der Waals surface area contributed by atoms with Crippen molar-refractivity contribution < 1.29 is 9.84 Å². The SMILES string of the molecule is OCc1ccc(OCC2Cc3ccccc3S2)cc1. The summed E-state index contributed by atoms with van der Waals surface area (Å²) >= 11 is 1.90. The minimum atomic E-state index is 0.0774. The molecule has 1 heterocycles. The van der Waals surface area contributed by atoms with Crippen molar-refractivity contribution in [3.05, 3.63) is 59.7 Å². The minimum Gasteiger partial charge on any atom is -0.492 e. The molecule has 0 aromatic heterocycles. The van der Waals surface area contributed by atoms with E-state index in [0.717, 1.165) is 24.3 Å². The van der Waals surface area contributed by atoms with Crippen LogP contribution in [0.2, 0.25) is 0 Å². The molecular formula is C16H16O2S. The van der Waals surface area contributed by atoms with Crippen molar-refractivity contribution in [2.45, 2.75) is 23.2 Å². The van der Waals surface area contributed by atoms with Gasteiger partial charge in [0.15, 0.2) is 0 Å². The summed E-state index contributed by atoms with van der Waals surface area (Å²) in [5.41, 5.74) is 2.34. The van der Waals surface area contributed by atoms with Crippen LogP contribution in [0, 0.1) is 0 Å². The zero-order chi connectivity index (χ0) is 13.1. The molecule has 0 radical (unpaired) electrons. The van der Waals surface area contributed by atoms with Gasteiger partial charge in [-0.2, -0.15) is 0 Å². The van der Waals surface area contributed by atoms with E-state index in [1.807, 2.05) is 36.0 Å². The van der Waals surface area contributed by atoms with Gasteiger partial charge in [-0.25, -0.2) is 0 Å². The Morgan fingerprint density at radius 2 is 1.89 bits per heavy atom. The molecule has 1 N–H and O–H groups in total. The van der Waals surface area contributed by atoms with E-state index in [0.29, 0.717) is 5.25 Å². The molecule has 0 spiro atoms. The normalized spacial score (nSPS) is 17.2. The second-order valence-corrected chi connectivity index (χ2v) is 6.01. The van der Waals surface area contributed by atoms with E-state index in [9.17, 15) is 0 Å². The molecule has 0 saturated carbocycles. The van der Waals surface area contributed by atoms with Crippen LogP contribution in [0.25, 0.3) is 0 Å². The van der Waals surface area contributed by atoms with Crippen molar-refractivity contribution in [3.8, 4) is 5.75 Å².